The third-order valence-electron chi connectivity index (χ3n) is 10.3. The minimum absolute atomic E-state index is 0.0827. The van der Waals surface area contributed by atoms with Gasteiger partial charge in [0.15, 0.2) is 0 Å². The highest BCUT2D eigenvalue weighted by Gasteiger charge is 2.64. The third-order valence-corrected chi connectivity index (χ3v) is 10.3. The van der Waals surface area contributed by atoms with Crippen molar-refractivity contribution < 1.29 is 15.1 Å². The lowest BCUT2D eigenvalue weighted by atomic mass is 9.44. The first-order chi connectivity index (χ1) is 12.6. The molecule has 27 heavy (non-hydrogen) atoms. The standard InChI is InChI=1S/C23H39NO3/c1-20(2)14-27-23(24(20)26)12-11-21(3)15(13-23)5-6-16-17-7-8-19(25)22(17,4)10-9-18(16)21/h15-19,25-26H,5-14H2,1-4H3/t15-,16+,17+,18+,19+,21-,22+,23-/m0/s1. The Hall–Kier alpha value is -0.160. The fraction of sp³-hybridized carbons (Fsp3) is 1.00. The van der Waals surface area contributed by atoms with E-state index in [2.05, 4.69) is 27.7 Å². The summed E-state index contributed by atoms with van der Waals surface area (Å²) in [7, 11) is 0. The van der Waals surface area contributed by atoms with Gasteiger partial charge in [-0.1, -0.05) is 13.8 Å². The molecule has 0 unspecified atom stereocenters. The summed E-state index contributed by atoms with van der Waals surface area (Å²) in [6, 6.07) is 0. The maximum atomic E-state index is 10.9. The second kappa shape index (κ2) is 5.71. The van der Waals surface area contributed by atoms with Gasteiger partial charge in [0.05, 0.1) is 18.2 Å². The summed E-state index contributed by atoms with van der Waals surface area (Å²) in [6.07, 6.45) is 10.3. The van der Waals surface area contributed by atoms with Crippen LogP contribution in [0.1, 0.15) is 85.5 Å². The molecule has 2 N–H and O–H groups in total. The number of fused-ring (bicyclic) bond motifs is 5. The zero-order valence-corrected chi connectivity index (χ0v) is 17.7. The molecule has 4 nitrogen and oxygen atoms in total. The van der Waals surface area contributed by atoms with E-state index in [-0.39, 0.29) is 17.1 Å². The number of aliphatic hydroxyl groups excluding tert-OH is 1. The largest absolute Gasteiger partial charge is 0.393 e. The van der Waals surface area contributed by atoms with Crippen LogP contribution in [0.15, 0.2) is 0 Å². The lowest BCUT2D eigenvalue weighted by Crippen LogP contribution is -2.60. The van der Waals surface area contributed by atoms with Crippen molar-refractivity contribution in [3.8, 4) is 0 Å². The highest BCUT2D eigenvalue weighted by atomic mass is 16.6. The van der Waals surface area contributed by atoms with Crippen molar-refractivity contribution in [3.05, 3.63) is 0 Å². The maximum absolute atomic E-state index is 10.9. The van der Waals surface area contributed by atoms with E-state index in [4.69, 9.17) is 4.74 Å². The second-order valence-corrected chi connectivity index (χ2v) is 11.9. The number of ether oxygens (including phenoxy) is 1. The molecule has 5 aliphatic rings. The molecule has 1 aliphatic heterocycles. The van der Waals surface area contributed by atoms with E-state index in [0.29, 0.717) is 17.9 Å². The van der Waals surface area contributed by atoms with Crippen LogP contribution in [0.4, 0.5) is 0 Å². The summed E-state index contributed by atoms with van der Waals surface area (Å²) in [5.74, 6) is 2.95. The molecule has 8 atom stereocenters. The summed E-state index contributed by atoms with van der Waals surface area (Å²) in [6.45, 7) is 9.71. The van der Waals surface area contributed by atoms with Crippen molar-refractivity contribution in [1.29, 1.82) is 0 Å². The van der Waals surface area contributed by atoms with Crippen LogP contribution in [-0.2, 0) is 4.74 Å². The Morgan fingerprint density at radius 1 is 0.852 bits per heavy atom. The summed E-state index contributed by atoms with van der Waals surface area (Å²) in [4.78, 5) is 0. The SMILES string of the molecule is CC1(C)CO[C@]2(CC[C@@]3(C)[C@@H](CC[C@H]4[C@H]3CC[C@@]3(C)[C@H](O)CC[C@H]43)C2)N1O. The van der Waals surface area contributed by atoms with Crippen LogP contribution < -0.4 is 0 Å². The normalized spacial score (nSPS) is 57.3. The van der Waals surface area contributed by atoms with E-state index in [1.54, 1.807) is 5.06 Å². The molecular formula is C23H39NO3. The molecule has 1 saturated heterocycles. The predicted octanol–water partition coefficient (Wildman–Crippen LogP) is 4.59. The van der Waals surface area contributed by atoms with Crippen LogP contribution in [0, 0.1) is 34.5 Å². The van der Waals surface area contributed by atoms with Crippen molar-refractivity contribution >= 4 is 0 Å². The average molecular weight is 378 g/mol. The Labute approximate surface area is 164 Å². The molecule has 1 heterocycles. The van der Waals surface area contributed by atoms with Gasteiger partial charge in [0.2, 0.25) is 0 Å². The lowest BCUT2D eigenvalue weighted by Gasteiger charge is -2.62. The Kier molecular flexibility index (Phi) is 3.99. The summed E-state index contributed by atoms with van der Waals surface area (Å²) < 4.78 is 6.28. The lowest BCUT2D eigenvalue weighted by molar-refractivity contribution is -0.283. The number of hydrogen-bond acceptors (Lipinski definition) is 4. The molecule has 4 aliphatic carbocycles. The Morgan fingerprint density at radius 2 is 1.59 bits per heavy atom. The summed E-state index contributed by atoms with van der Waals surface area (Å²) in [5.41, 5.74) is -0.189. The number of rotatable bonds is 0. The van der Waals surface area contributed by atoms with Crippen molar-refractivity contribution in [1.82, 2.24) is 5.06 Å². The minimum Gasteiger partial charge on any atom is -0.393 e. The number of nitrogens with zero attached hydrogens (tertiary/aromatic N) is 1. The molecule has 0 aromatic carbocycles. The van der Waals surface area contributed by atoms with Crippen LogP contribution >= 0.6 is 0 Å². The van der Waals surface area contributed by atoms with Crippen molar-refractivity contribution in [2.75, 3.05) is 6.61 Å². The molecule has 4 saturated carbocycles. The fourth-order valence-corrected chi connectivity index (χ4v) is 8.49. The van der Waals surface area contributed by atoms with E-state index < -0.39 is 5.72 Å². The highest BCUT2D eigenvalue weighted by Crippen LogP contribution is 2.67. The summed E-state index contributed by atoms with van der Waals surface area (Å²) in [5, 5.41) is 23.1. The average Bonchev–Trinajstić information content (AvgIpc) is 3.05. The molecule has 0 aromatic rings. The quantitative estimate of drug-likeness (QED) is 0.648. The predicted molar refractivity (Wildman–Crippen MR) is 104 cm³/mol. The van der Waals surface area contributed by atoms with Gasteiger partial charge in [0, 0.05) is 0 Å². The van der Waals surface area contributed by atoms with Gasteiger partial charge in [-0.05, 0) is 106 Å². The molecular weight excluding hydrogens is 338 g/mol. The second-order valence-electron chi connectivity index (χ2n) is 11.9. The molecule has 0 bridgehead atoms. The monoisotopic (exact) mass is 377 g/mol. The Balaban J connectivity index is 1.40. The first kappa shape index (κ1) is 18.8. The molecule has 0 radical (unpaired) electrons. The Morgan fingerprint density at radius 3 is 2.30 bits per heavy atom. The van der Waals surface area contributed by atoms with Crippen molar-refractivity contribution in [3.63, 3.8) is 0 Å². The van der Waals surface area contributed by atoms with E-state index in [0.717, 1.165) is 43.4 Å². The van der Waals surface area contributed by atoms with Gasteiger partial charge in [-0.3, -0.25) is 0 Å². The molecule has 4 heteroatoms. The van der Waals surface area contributed by atoms with E-state index >= 15 is 0 Å². The van der Waals surface area contributed by atoms with Gasteiger partial charge in [-0.25, -0.2) is 0 Å². The summed E-state index contributed by atoms with van der Waals surface area (Å²) >= 11 is 0. The molecule has 5 rings (SSSR count). The number of hydrogen-bond donors (Lipinski definition) is 2. The van der Waals surface area contributed by atoms with E-state index in [9.17, 15) is 10.3 Å². The molecule has 0 aromatic heterocycles. The van der Waals surface area contributed by atoms with Crippen LogP contribution in [0.5, 0.6) is 0 Å². The van der Waals surface area contributed by atoms with Gasteiger partial charge < -0.3 is 15.1 Å². The number of aliphatic hydroxyl groups is 1. The third kappa shape index (κ3) is 2.36. The minimum atomic E-state index is -0.451. The highest BCUT2D eigenvalue weighted by molar-refractivity contribution is 5.11. The smallest absolute Gasteiger partial charge is 0.144 e. The van der Waals surface area contributed by atoms with Crippen LogP contribution in [0.25, 0.3) is 0 Å². The van der Waals surface area contributed by atoms with E-state index in [1.165, 1.54) is 32.1 Å². The van der Waals surface area contributed by atoms with E-state index in [1.807, 2.05) is 0 Å². The van der Waals surface area contributed by atoms with Gasteiger partial charge >= 0.3 is 0 Å². The van der Waals surface area contributed by atoms with Gasteiger partial charge in [-0.15, -0.1) is 0 Å². The molecule has 0 amide bonds. The first-order valence-corrected chi connectivity index (χ1v) is 11.4. The van der Waals surface area contributed by atoms with Crippen molar-refractivity contribution in [2.24, 2.45) is 34.5 Å². The fourth-order valence-electron chi connectivity index (χ4n) is 8.49. The topological polar surface area (TPSA) is 52.9 Å². The zero-order valence-electron chi connectivity index (χ0n) is 17.7. The van der Waals surface area contributed by atoms with Crippen molar-refractivity contribution in [2.45, 2.75) is 103 Å². The number of hydroxylamine groups is 2. The van der Waals surface area contributed by atoms with Crippen LogP contribution in [0.2, 0.25) is 0 Å². The first-order valence-electron chi connectivity index (χ1n) is 11.4. The van der Waals surface area contributed by atoms with Gasteiger partial charge in [0.25, 0.3) is 0 Å². The zero-order chi connectivity index (χ0) is 19.2. The van der Waals surface area contributed by atoms with Crippen LogP contribution in [-0.4, -0.2) is 39.4 Å². The van der Waals surface area contributed by atoms with Crippen LogP contribution in [0.3, 0.4) is 0 Å². The molecule has 154 valence electrons. The van der Waals surface area contributed by atoms with Gasteiger partial charge in [0.1, 0.15) is 5.72 Å². The Bertz CT molecular complexity index is 623. The molecule has 5 fully saturated rings. The van der Waals surface area contributed by atoms with Gasteiger partial charge in [-0.2, -0.15) is 5.06 Å². The maximum Gasteiger partial charge on any atom is 0.144 e. The molecule has 1 spiro atoms.